The lowest BCUT2D eigenvalue weighted by Crippen LogP contribution is -1.99. The lowest BCUT2D eigenvalue weighted by molar-refractivity contribution is 0.194. The van der Waals surface area contributed by atoms with E-state index in [1.807, 2.05) is 0 Å². The van der Waals surface area contributed by atoms with Crippen LogP contribution in [-0.4, -0.2) is 10.2 Å². The fraction of sp³-hybridized carbons (Fsp3) is 0.200. The van der Waals surface area contributed by atoms with Crippen LogP contribution in [-0.2, 0) is 6.61 Å². The van der Waals surface area contributed by atoms with Gasteiger partial charge in [0, 0.05) is 5.56 Å². The van der Waals surface area contributed by atoms with Gasteiger partial charge in [-0.2, -0.15) is 0 Å². The lowest BCUT2D eigenvalue weighted by Gasteiger charge is -2.14. The van der Waals surface area contributed by atoms with Gasteiger partial charge in [0.2, 0.25) is 0 Å². The summed E-state index contributed by atoms with van der Waals surface area (Å²) in [5, 5.41) is 18.7. The Morgan fingerprint density at radius 3 is 2.63 bits per heavy atom. The number of para-hydroxylation sites is 1. The van der Waals surface area contributed by atoms with Crippen molar-refractivity contribution in [3.63, 3.8) is 0 Å². The molecular weight excluding hydrogens is 247 g/mol. The third-order valence-electron chi connectivity index (χ3n) is 2.75. The van der Waals surface area contributed by atoms with Crippen molar-refractivity contribution in [3.05, 3.63) is 59.4 Å². The Morgan fingerprint density at radius 1 is 1.21 bits per heavy atom. The summed E-state index contributed by atoms with van der Waals surface area (Å²) in [7, 11) is 0. The topological polar surface area (TPSA) is 49.7 Å². The minimum atomic E-state index is -0.827. The third kappa shape index (κ3) is 3.10. The largest absolute Gasteiger partial charge is 0.454 e. The zero-order chi connectivity index (χ0) is 13.8. The first-order valence-electron chi connectivity index (χ1n) is 5.96. The van der Waals surface area contributed by atoms with Crippen LogP contribution in [0, 0.1) is 5.82 Å². The van der Waals surface area contributed by atoms with Crippen LogP contribution >= 0.6 is 0 Å². The molecule has 19 heavy (non-hydrogen) atoms. The molecule has 0 saturated carbocycles. The number of halogens is 1. The molecule has 0 fully saturated rings. The molecule has 0 bridgehead atoms. The smallest absolute Gasteiger partial charge is 0.168 e. The normalized spacial score (nSPS) is 12.2. The average Bonchev–Trinajstić information content (AvgIpc) is 2.41. The summed E-state index contributed by atoms with van der Waals surface area (Å²) in [6.07, 6.45) is -0.827. The molecule has 2 N–H and O–H groups in total. The Kier molecular flexibility index (Phi) is 4.14. The number of rotatable bonds is 4. The first-order chi connectivity index (χ1) is 9.11. The second kappa shape index (κ2) is 5.82. The maximum absolute atomic E-state index is 13.8. The van der Waals surface area contributed by atoms with Crippen LogP contribution in [0.2, 0.25) is 0 Å². The molecule has 1 atom stereocenters. The van der Waals surface area contributed by atoms with Crippen LogP contribution in [0.15, 0.2) is 42.5 Å². The van der Waals surface area contributed by atoms with Gasteiger partial charge in [-0.1, -0.05) is 24.3 Å². The zero-order valence-corrected chi connectivity index (χ0v) is 10.5. The van der Waals surface area contributed by atoms with Crippen molar-refractivity contribution in [3.8, 4) is 11.5 Å². The number of aliphatic hydroxyl groups is 2. The quantitative estimate of drug-likeness (QED) is 0.889. The SMILES string of the molecule is C[C@H](O)c1cccc(F)c1Oc1cccc(CO)c1. The molecule has 2 rings (SSSR count). The Balaban J connectivity index is 2.37. The monoisotopic (exact) mass is 262 g/mol. The van der Waals surface area contributed by atoms with E-state index < -0.39 is 11.9 Å². The molecule has 0 radical (unpaired) electrons. The summed E-state index contributed by atoms with van der Waals surface area (Å²) in [5.74, 6) is -0.112. The highest BCUT2D eigenvalue weighted by Crippen LogP contribution is 2.32. The Morgan fingerprint density at radius 2 is 1.95 bits per heavy atom. The molecule has 100 valence electrons. The average molecular weight is 262 g/mol. The molecule has 3 nitrogen and oxygen atoms in total. The molecule has 2 aromatic rings. The Labute approximate surface area is 110 Å². The molecule has 0 amide bonds. The molecule has 0 saturated heterocycles. The van der Waals surface area contributed by atoms with Gasteiger partial charge in [-0.05, 0) is 30.7 Å². The van der Waals surface area contributed by atoms with Crippen LogP contribution in [0.3, 0.4) is 0 Å². The highest BCUT2D eigenvalue weighted by Gasteiger charge is 2.14. The molecule has 0 aliphatic heterocycles. The van der Waals surface area contributed by atoms with Gasteiger partial charge in [0.15, 0.2) is 11.6 Å². The first-order valence-corrected chi connectivity index (χ1v) is 5.96. The summed E-state index contributed by atoms with van der Waals surface area (Å²) in [6, 6.07) is 11.1. The van der Waals surface area contributed by atoms with Crippen molar-refractivity contribution in [2.24, 2.45) is 0 Å². The summed E-state index contributed by atoms with van der Waals surface area (Å²) < 4.78 is 19.3. The van der Waals surface area contributed by atoms with Gasteiger partial charge in [-0.15, -0.1) is 0 Å². The van der Waals surface area contributed by atoms with Crippen LogP contribution in [0.5, 0.6) is 11.5 Å². The predicted octanol–water partition coefficient (Wildman–Crippen LogP) is 3.16. The van der Waals surface area contributed by atoms with Crippen molar-refractivity contribution in [2.75, 3.05) is 0 Å². The number of ether oxygens (including phenoxy) is 1. The second-order valence-corrected chi connectivity index (χ2v) is 4.24. The highest BCUT2D eigenvalue weighted by molar-refractivity contribution is 5.41. The molecule has 0 unspecified atom stereocenters. The van der Waals surface area contributed by atoms with Gasteiger partial charge in [0.25, 0.3) is 0 Å². The molecule has 4 heteroatoms. The first kappa shape index (κ1) is 13.5. The van der Waals surface area contributed by atoms with E-state index >= 15 is 0 Å². The van der Waals surface area contributed by atoms with E-state index in [9.17, 15) is 9.50 Å². The van der Waals surface area contributed by atoms with Crippen LogP contribution in [0.4, 0.5) is 4.39 Å². The number of aliphatic hydroxyl groups excluding tert-OH is 2. The van der Waals surface area contributed by atoms with Crippen LogP contribution < -0.4 is 4.74 Å². The summed E-state index contributed by atoms with van der Waals surface area (Å²) in [5.41, 5.74) is 1.06. The van der Waals surface area contributed by atoms with Crippen LogP contribution in [0.1, 0.15) is 24.2 Å². The van der Waals surface area contributed by atoms with E-state index in [-0.39, 0.29) is 12.4 Å². The van der Waals surface area contributed by atoms with Crippen molar-refractivity contribution in [1.29, 1.82) is 0 Å². The van der Waals surface area contributed by atoms with Crippen molar-refractivity contribution in [2.45, 2.75) is 19.6 Å². The van der Waals surface area contributed by atoms with Gasteiger partial charge >= 0.3 is 0 Å². The highest BCUT2D eigenvalue weighted by atomic mass is 19.1. The second-order valence-electron chi connectivity index (χ2n) is 4.24. The maximum atomic E-state index is 13.8. The number of hydrogen-bond acceptors (Lipinski definition) is 3. The van der Waals surface area contributed by atoms with Crippen LogP contribution in [0.25, 0.3) is 0 Å². The standard InChI is InChI=1S/C15H15FO3/c1-10(18)13-6-3-7-14(16)15(13)19-12-5-2-4-11(8-12)9-17/h2-8,10,17-18H,9H2,1H3/t10-/m0/s1. The van der Waals surface area contributed by atoms with E-state index in [2.05, 4.69) is 0 Å². The number of hydrogen-bond donors (Lipinski definition) is 2. The molecular formula is C15H15FO3. The van der Waals surface area contributed by atoms with Crippen molar-refractivity contribution < 1.29 is 19.3 Å². The fourth-order valence-corrected chi connectivity index (χ4v) is 1.79. The lowest BCUT2D eigenvalue weighted by atomic mass is 10.1. The molecule has 0 heterocycles. The van der Waals surface area contributed by atoms with Gasteiger partial charge in [0.05, 0.1) is 12.7 Å². The summed E-state index contributed by atoms with van der Waals surface area (Å²) in [4.78, 5) is 0. The van der Waals surface area contributed by atoms with E-state index in [0.29, 0.717) is 16.9 Å². The third-order valence-corrected chi connectivity index (χ3v) is 2.75. The summed E-state index contributed by atoms with van der Waals surface area (Å²) in [6.45, 7) is 1.43. The van der Waals surface area contributed by atoms with E-state index in [4.69, 9.17) is 9.84 Å². The molecule has 2 aromatic carbocycles. The van der Waals surface area contributed by atoms with Crippen molar-refractivity contribution in [1.82, 2.24) is 0 Å². The fourth-order valence-electron chi connectivity index (χ4n) is 1.79. The van der Waals surface area contributed by atoms with Crippen molar-refractivity contribution >= 4 is 0 Å². The van der Waals surface area contributed by atoms with E-state index in [1.165, 1.54) is 12.1 Å². The maximum Gasteiger partial charge on any atom is 0.168 e. The van der Waals surface area contributed by atoms with E-state index in [0.717, 1.165) is 0 Å². The predicted molar refractivity (Wildman–Crippen MR) is 69.5 cm³/mol. The Bertz CT molecular complexity index is 567. The molecule has 0 aliphatic carbocycles. The molecule has 0 aliphatic rings. The van der Waals surface area contributed by atoms with Gasteiger partial charge < -0.3 is 14.9 Å². The van der Waals surface area contributed by atoms with Gasteiger partial charge in [0.1, 0.15) is 5.75 Å². The molecule has 0 aromatic heterocycles. The minimum Gasteiger partial charge on any atom is -0.454 e. The molecule has 0 spiro atoms. The number of benzene rings is 2. The van der Waals surface area contributed by atoms with Gasteiger partial charge in [-0.25, -0.2) is 4.39 Å². The minimum absolute atomic E-state index is 0.00703. The summed E-state index contributed by atoms with van der Waals surface area (Å²) >= 11 is 0. The Hall–Kier alpha value is -1.91. The zero-order valence-electron chi connectivity index (χ0n) is 10.5. The van der Waals surface area contributed by atoms with Gasteiger partial charge in [-0.3, -0.25) is 0 Å². The van der Waals surface area contributed by atoms with E-state index in [1.54, 1.807) is 37.3 Å².